The summed E-state index contributed by atoms with van der Waals surface area (Å²) in [7, 11) is 0. The molecule has 1 heterocycles. The molecule has 0 amide bonds. The zero-order chi connectivity index (χ0) is 12.4. The minimum atomic E-state index is -0.300. The van der Waals surface area contributed by atoms with E-state index in [-0.39, 0.29) is 17.8 Å². The highest BCUT2D eigenvalue weighted by Crippen LogP contribution is 2.59. The molecule has 3 fully saturated rings. The third-order valence-electron chi connectivity index (χ3n) is 5.60. The molecule has 5 atom stereocenters. The fourth-order valence-electron chi connectivity index (χ4n) is 4.04. The number of epoxide rings is 1. The van der Waals surface area contributed by atoms with Crippen molar-refractivity contribution in [2.24, 2.45) is 17.3 Å². The van der Waals surface area contributed by atoms with E-state index in [1.165, 1.54) is 12.0 Å². The van der Waals surface area contributed by atoms with Crippen molar-refractivity contribution < 1.29 is 9.84 Å². The van der Waals surface area contributed by atoms with Crippen molar-refractivity contribution >= 4 is 0 Å². The Morgan fingerprint density at radius 2 is 2.06 bits per heavy atom. The molecule has 0 unspecified atom stereocenters. The summed E-state index contributed by atoms with van der Waals surface area (Å²) >= 11 is 0. The maximum atomic E-state index is 10.4. The predicted octanol–water partition coefficient (Wildman–Crippen LogP) is 2.91. The summed E-state index contributed by atoms with van der Waals surface area (Å²) < 4.78 is 5.73. The fraction of sp³-hybridized carbons (Fsp3) is 0.867. The van der Waals surface area contributed by atoms with Gasteiger partial charge < -0.3 is 9.84 Å². The monoisotopic (exact) mass is 236 g/mol. The van der Waals surface area contributed by atoms with Crippen LogP contribution in [0, 0.1) is 17.3 Å². The number of fused-ring (bicyclic) bond motifs is 2. The van der Waals surface area contributed by atoms with Crippen LogP contribution in [0.1, 0.15) is 46.5 Å². The maximum absolute atomic E-state index is 10.4. The highest BCUT2D eigenvalue weighted by atomic mass is 16.6. The second-order valence-electron chi connectivity index (χ2n) is 7.14. The van der Waals surface area contributed by atoms with Gasteiger partial charge in [-0.1, -0.05) is 26.0 Å². The highest BCUT2D eigenvalue weighted by Gasteiger charge is 2.60. The number of rotatable bonds is 0. The molecule has 0 spiro atoms. The zero-order valence-corrected chi connectivity index (χ0v) is 11.2. The first-order chi connectivity index (χ1) is 7.84. The molecule has 1 saturated heterocycles. The molecule has 0 radical (unpaired) electrons. The van der Waals surface area contributed by atoms with Crippen molar-refractivity contribution in [3.8, 4) is 0 Å². The largest absolute Gasteiger partial charge is 0.390 e. The summed E-state index contributed by atoms with van der Waals surface area (Å²) in [5.74, 6) is 1.23. The molecule has 2 aliphatic carbocycles. The van der Waals surface area contributed by atoms with Crippen LogP contribution in [-0.4, -0.2) is 22.9 Å². The van der Waals surface area contributed by atoms with E-state index in [2.05, 4.69) is 27.4 Å². The molecule has 1 aliphatic heterocycles. The first kappa shape index (κ1) is 11.7. The SMILES string of the molecule is C=C1CC[C@@H]2O[C@]2(C)[C@H](O)C[C@H]2[C@H]1CC2(C)C. The predicted molar refractivity (Wildman–Crippen MR) is 67.7 cm³/mol. The summed E-state index contributed by atoms with van der Waals surface area (Å²) in [6.07, 6.45) is 4.19. The van der Waals surface area contributed by atoms with Gasteiger partial charge in [-0.25, -0.2) is 0 Å². The molecule has 2 heteroatoms. The Morgan fingerprint density at radius 1 is 1.35 bits per heavy atom. The summed E-state index contributed by atoms with van der Waals surface area (Å²) in [6, 6.07) is 0. The Labute approximate surface area is 104 Å². The summed E-state index contributed by atoms with van der Waals surface area (Å²) in [5, 5.41) is 10.4. The van der Waals surface area contributed by atoms with Crippen LogP contribution in [-0.2, 0) is 4.74 Å². The Hall–Kier alpha value is -0.340. The standard InChI is InChI=1S/C15H24O2/c1-9-5-6-13-15(4,17-13)12(16)7-11-10(9)8-14(11,2)3/h10-13,16H,1,5-8H2,2-4H3/t10-,11-,12+,13-,15+/m0/s1. The van der Waals surface area contributed by atoms with E-state index >= 15 is 0 Å². The van der Waals surface area contributed by atoms with Gasteiger partial charge in [0, 0.05) is 0 Å². The molecular weight excluding hydrogens is 212 g/mol. The van der Waals surface area contributed by atoms with Crippen molar-refractivity contribution in [1.29, 1.82) is 0 Å². The minimum Gasteiger partial charge on any atom is -0.390 e. The molecule has 0 aromatic carbocycles. The number of allylic oxidation sites excluding steroid dienone is 1. The van der Waals surface area contributed by atoms with E-state index in [9.17, 15) is 5.11 Å². The average Bonchev–Trinajstić information content (AvgIpc) is 2.91. The molecule has 2 nitrogen and oxygen atoms in total. The number of hydrogen-bond acceptors (Lipinski definition) is 2. The van der Waals surface area contributed by atoms with E-state index < -0.39 is 0 Å². The van der Waals surface area contributed by atoms with E-state index in [1.54, 1.807) is 0 Å². The quantitative estimate of drug-likeness (QED) is 0.518. The summed E-state index contributed by atoms with van der Waals surface area (Å²) in [6.45, 7) is 11.0. The second-order valence-corrected chi connectivity index (χ2v) is 7.14. The number of hydrogen-bond donors (Lipinski definition) is 1. The van der Waals surface area contributed by atoms with Crippen LogP contribution < -0.4 is 0 Å². The molecule has 3 rings (SSSR count). The molecule has 2 saturated carbocycles. The van der Waals surface area contributed by atoms with Gasteiger partial charge in [0.25, 0.3) is 0 Å². The van der Waals surface area contributed by atoms with Crippen LogP contribution in [0.3, 0.4) is 0 Å². The Kier molecular flexibility index (Phi) is 2.32. The van der Waals surface area contributed by atoms with Crippen LogP contribution in [0.2, 0.25) is 0 Å². The number of ether oxygens (including phenoxy) is 1. The molecular formula is C15H24O2. The van der Waals surface area contributed by atoms with Gasteiger partial charge in [-0.15, -0.1) is 0 Å². The third kappa shape index (κ3) is 1.61. The van der Waals surface area contributed by atoms with Crippen LogP contribution in [0.5, 0.6) is 0 Å². The topological polar surface area (TPSA) is 32.8 Å². The fourth-order valence-corrected chi connectivity index (χ4v) is 4.04. The lowest BCUT2D eigenvalue weighted by atomic mass is 9.52. The van der Waals surface area contributed by atoms with Crippen LogP contribution in [0.25, 0.3) is 0 Å². The lowest BCUT2D eigenvalue weighted by molar-refractivity contribution is -0.0430. The highest BCUT2D eigenvalue weighted by molar-refractivity contribution is 5.18. The van der Waals surface area contributed by atoms with Crippen LogP contribution in [0.4, 0.5) is 0 Å². The van der Waals surface area contributed by atoms with Crippen molar-refractivity contribution in [3.05, 3.63) is 12.2 Å². The number of aliphatic hydroxyl groups excluding tert-OH is 1. The lowest BCUT2D eigenvalue weighted by Gasteiger charge is -2.53. The van der Waals surface area contributed by atoms with Gasteiger partial charge in [0.1, 0.15) is 5.60 Å². The van der Waals surface area contributed by atoms with E-state index in [0.717, 1.165) is 19.3 Å². The van der Waals surface area contributed by atoms with Gasteiger partial charge >= 0.3 is 0 Å². The van der Waals surface area contributed by atoms with Crippen molar-refractivity contribution in [3.63, 3.8) is 0 Å². The number of aliphatic hydroxyl groups is 1. The molecule has 0 bridgehead atoms. The molecule has 17 heavy (non-hydrogen) atoms. The average molecular weight is 236 g/mol. The lowest BCUT2D eigenvalue weighted by Crippen LogP contribution is -2.47. The smallest absolute Gasteiger partial charge is 0.118 e. The van der Waals surface area contributed by atoms with E-state index in [1.807, 2.05) is 0 Å². The second kappa shape index (κ2) is 3.36. The molecule has 96 valence electrons. The van der Waals surface area contributed by atoms with E-state index in [4.69, 9.17) is 4.74 Å². The van der Waals surface area contributed by atoms with Crippen LogP contribution in [0.15, 0.2) is 12.2 Å². The van der Waals surface area contributed by atoms with Crippen molar-refractivity contribution in [2.75, 3.05) is 0 Å². The summed E-state index contributed by atoms with van der Waals surface area (Å²) in [5.41, 5.74) is 1.49. The van der Waals surface area contributed by atoms with Gasteiger partial charge in [0.15, 0.2) is 0 Å². The molecule has 3 aliphatic rings. The molecule has 1 N–H and O–H groups in total. The van der Waals surface area contributed by atoms with Crippen LogP contribution >= 0.6 is 0 Å². The third-order valence-corrected chi connectivity index (χ3v) is 5.60. The Bertz CT molecular complexity index is 360. The minimum absolute atomic E-state index is 0.259. The van der Waals surface area contributed by atoms with Crippen molar-refractivity contribution in [2.45, 2.75) is 64.3 Å². The molecule has 0 aromatic rings. The van der Waals surface area contributed by atoms with Gasteiger partial charge in [0.05, 0.1) is 12.2 Å². The molecule has 0 aromatic heterocycles. The van der Waals surface area contributed by atoms with Gasteiger partial charge in [-0.05, 0) is 49.9 Å². The maximum Gasteiger partial charge on any atom is 0.118 e. The van der Waals surface area contributed by atoms with Crippen molar-refractivity contribution in [1.82, 2.24) is 0 Å². The van der Waals surface area contributed by atoms with Gasteiger partial charge in [0.2, 0.25) is 0 Å². The summed E-state index contributed by atoms with van der Waals surface area (Å²) in [4.78, 5) is 0. The first-order valence-corrected chi connectivity index (χ1v) is 6.88. The first-order valence-electron chi connectivity index (χ1n) is 6.88. The normalized spacial score (nSPS) is 52.4. The Balaban J connectivity index is 1.83. The van der Waals surface area contributed by atoms with Gasteiger partial charge in [-0.2, -0.15) is 0 Å². The van der Waals surface area contributed by atoms with E-state index in [0.29, 0.717) is 17.3 Å². The van der Waals surface area contributed by atoms with Gasteiger partial charge in [-0.3, -0.25) is 0 Å². The zero-order valence-electron chi connectivity index (χ0n) is 11.2. The Morgan fingerprint density at radius 3 is 2.71 bits per heavy atom.